The zero-order chi connectivity index (χ0) is 13.3. The Bertz CT molecular complexity index is 554. The van der Waals surface area contributed by atoms with E-state index in [9.17, 15) is 0 Å². The molecule has 2 aromatic heterocycles. The minimum Gasteiger partial charge on any atom is -0.262 e. The molecule has 18 heavy (non-hydrogen) atoms. The van der Waals surface area contributed by atoms with Crippen LogP contribution in [-0.4, -0.2) is 19.7 Å². The van der Waals surface area contributed by atoms with Crippen molar-refractivity contribution in [3.05, 3.63) is 29.2 Å². The van der Waals surface area contributed by atoms with Crippen molar-refractivity contribution in [3.8, 4) is 11.5 Å². The van der Waals surface area contributed by atoms with E-state index in [0.717, 1.165) is 17.9 Å². The van der Waals surface area contributed by atoms with E-state index in [1.54, 1.807) is 6.20 Å². The van der Waals surface area contributed by atoms with Gasteiger partial charge in [0.05, 0.1) is 5.69 Å². The van der Waals surface area contributed by atoms with Crippen LogP contribution in [0.25, 0.3) is 11.5 Å². The van der Waals surface area contributed by atoms with Gasteiger partial charge in [-0.05, 0) is 19.1 Å². The van der Waals surface area contributed by atoms with Crippen molar-refractivity contribution < 1.29 is 0 Å². The third-order valence-corrected chi connectivity index (χ3v) is 2.90. The number of rotatable bonds is 2. The summed E-state index contributed by atoms with van der Waals surface area (Å²) in [5, 5.41) is 4.69. The third kappa shape index (κ3) is 2.53. The smallest absolute Gasteiger partial charge is 0.179 e. The number of hydrogen-bond acceptors (Lipinski definition) is 3. The highest BCUT2D eigenvalue weighted by molar-refractivity contribution is 6.29. The highest BCUT2D eigenvalue weighted by Crippen LogP contribution is 2.25. The maximum Gasteiger partial charge on any atom is 0.179 e. The monoisotopic (exact) mass is 264 g/mol. The maximum atomic E-state index is 6.09. The molecule has 0 aliphatic rings. The van der Waals surface area contributed by atoms with Crippen molar-refractivity contribution in [1.82, 2.24) is 19.7 Å². The predicted octanol–water partition coefficient (Wildman–Crippen LogP) is 3.31. The minimum atomic E-state index is -0.0571. The first-order valence-electron chi connectivity index (χ1n) is 5.99. The Hall–Kier alpha value is -1.42. The molecule has 0 saturated heterocycles. The van der Waals surface area contributed by atoms with E-state index >= 15 is 0 Å². The van der Waals surface area contributed by atoms with E-state index in [4.69, 9.17) is 11.6 Å². The fraction of sp³-hybridized carbons (Fsp3) is 0.462. The third-order valence-electron chi connectivity index (χ3n) is 2.71. The Morgan fingerprint density at radius 1 is 1.28 bits per heavy atom. The molecule has 0 bridgehead atoms. The Morgan fingerprint density at radius 3 is 2.61 bits per heavy atom. The Labute approximate surface area is 112 Å². The lowest BCUT2D eigenvalue weighted by Crippen LogP contribution is -2.15. The van der Waals surface area contributed by atoms with E-state index in [1.807, 2.05) is 23.7 Å². The van der Waals surface area contributed by atoms with Crippen LogP contribution in [0.4, 0.5) is 0 Å². The van der Waals surface area contributed by atoms with E-state index in [2.05, 4.69) is 35.8 Å². The molecule has 5 heteroatoms. The summed E-state index contributed by atoms with van der Waals surface area (Å²) in [5.41, 5.74) is 1.77. The van der Waals surface area contributed by atoms with Gasteiger partial charge in [-0.1, -0.05) is 32.4 Å². The summed E-state index contributed by atoms with van der Waals surface area (Å²) in [6.07, 6.45) is 1.75. The van der Waals surface area contributed by atoms with Crippen molar-refractivity contribution in [2.24, 2.45) is 0 Å². The van der Waals surface area contributed by atoms with Crippen molar-refractivity contribution in [1.29, 1.82) is 0 Å². The Morgan fingerprint density at radius 2 is 2.00 bits per heavy atom. The van der Waals surface area contributed by atoms with Gasteiger partial charge in [-0.15, -0.1) is 0 Å². The number of nitrogens with zero attached hydrogens (tertiary/aromatic N) is 4. The van der Waals surface area contributed by atoms with Gasteiger partial charge in [-0.25, -0.2) is 9.97 Å². The number of hydrogen-bond donors (Lipinski definition) is 0. The van der Waals surface area contributed by atoms with Crippen LogP contribution in [0.2, 0.25) is 5.15 Å². The van der Waals surface area contributed by atoms with E-state index in [0.29, 0.717) is 11.0 Å². The molecule has 0 spiro atoms. The normalized spacial score (nSPS) is 11.8. The molecule has 96 valence electrons. The van der Waals surface area contributed by atoms with Crippen molar-refractivity contribution in [2.75, 3.05) is 0 Å². The lowest BCUT2D eigenvalue weighted by atomic mass is 9.92. The Kier molecular flexibility index (Phi) is 3.39. The average Bonchev–Trinajstić information content (AvgIpc) is 2.74. The van der Waals surface area contributed by atoms with E-state index in [1.165, 1.54) is 0 Å². The Balaban J connectivity index is 2.56. The van der Waals surface area contributed by atoms with Crippen LogP contribution >= 0.6 is 11.6 Å². The average molecular weight is 265 g/mol. The van der Waals surface area contributed by atoms with Crippen molar-refractivity contribution in [3.63, 3.8) is 0 Å². The number of halogens is 1. The second-order valence-corrected chi connectivity index (χ2v) is 5.57. The zero-order valence-corrected chi connectivity index (χ0v) is 11.9. The molecule has 0 radical (unpaired) electrons. The largest absolute Gasteiger partial charge is 0.262 e. The summed E-state index contributed by atoms with van der Waals surface area (Å²) in [5.74, 6) is 0.631. The molecule has 2 rings (SSSR count). The molecular formula is C13H17ClN4. The van der Waals surface area contributed by atoms with Gasteiger partial charge in [0.15, 0.2) is 5.82 Å². The second kappa shape index (κ2) is 4.69. The molecule has 0 N–H and O–H groups in total. The van der Waals surface area contributed by atoms with Gasteiger partial charge in [0.2, 0.25) is 0 Å². The first kappa shape index (κ1) is 13.0. The SMILES string of the molecule is CCn1nccc1-c1nc(Cl)cc(C(C)(C)C)n1. The molecule has 0 aliphatic carbocycles. The van der Waals surface area contributed by atoms with Gasteiger partial charge in [0.25, 0.3) is 0 Å². The predicted molar refractivity (Wildman–Crippen MR) is 72.6 cm³/mol. The zero-order valence-electron chi connectivity index (χ0n) is 11.1. The molecule has 0 saturated carbocycles. The molecular weight excluding hydrogens is 248 g/mol. The standard InChI is InChI=1S/C13H17ClN4/c1-5-18-9(6-7-15-18)12-16-10(13(2,3)4)8-11(14)17-12/h6-8H,5H2,1-4H3. The number of aromatic nitrogens is 4. The van der Waals surface area contributed by atoms with Crippen molar-refractivity contribution >= 4 is 11.6 Å². The van der Waals surface area contributed by atoms with E-state index in [-0.39, 0.29) is 5.41 Å². The van der Waals surface area contributed by atoms with Crippen LogP contribution in [0.3, 0.4) is 0 Å². The highest BCUT2D eigenvalue weighted by atomic mass is 35.5. The lowest BCUT2D eigenvalue weighted by Gasteiger charge is -2.18. The van der Waals surface area contributed by atoms with Crippen LogP contribution in [-0.2, 0) is 12.0 Å². The fourth-order valence-corrected chi connectivity index (χ4v) is 1.87. The van der Waals surface area contributed by atoms with Crippen LogP contribution in [0.15, 0.2) is 18.3 Å². The summed E-state index contributed by atoms with van der Waals surface area (Å²) in [4.78, 5) is 8.89. The first-order valence-corrected chi connectivity index (χ1v) is 6.37. The molecule has 0 fully saturated rings. The van der Waals surface area contributed by atoms with Crippen LogP contribution in [0, 0.1) is 0 Å². The van der Waals surface area contributed by atoms with E-state index < -0.39 is 0 Å². The van der Waals surface area contributed by atoms with Crippen LogP contribution < -0.4 is 0 Å². The molecule has 2 aromatic rings. The van der Waals surface area contributed by atoms with Crippen molar-refractivity contribution in [2.45, 2.75) is 39.7 Å². The molecule has 0 unspecified atom stereocenters. The molecule has 0 aromatic carbocycles. The molecule has 2 heterocycles. The van der Waals surface area contributed by atoms with Gasteiger partial charge in [0, 0.05) is 18.2 Å². The van der Waals surface area contributed by atoms with Crippen LogP contribution in [0.1, 0.15) is 33.4 Å². The quantitative estimate of drug-likeness (QED) is 0.782. The van der Waals surface area contributed by atoms with Gasteiger partial charge in [-0.3, -0.25) is 4.68 Å². The summed E-state index contributed by atoms with van der Waals surface area (Å²) in [7, 11) is 0. The highest BCUT2D eigenvalue weighted by Gasteiger charge is 2.19. The molecule has 0 amide bonds. The summed E-state index contributed by atoms with van der Waals surface area (Å²) in [6.45, 7) is 9.13. The summed E-state index contributed by atoms with van der Waals surface area (Å²) < 4.78 is 1.86. The number of aryl methyl sites for hydroxylation is 1. The van der Waals surface area contributed by atoms with Crippen LogP contribution in [0.5, 0.6) is 0 Å². The second-order valence-electron chi connectivity index (χ2n) is 5.18. The minimum absolute atomic E-state index is 0.0571. The molecule has 4 nitrogen and oxygen atoms in total. The lowest BCUT2D eigenvalue weighted by molar-refractivity contribution is 0.566. The summed E-state index contributed by atoms with van der Waals surface area (Å²) >= 11 is 6.09. The molecule has 0 aliphatic heterocycles. The van der Waals surface area contributed by atoms with Gasteiger partial charge < -0.3 is 0 Å². The van der Waals surface area contributed by atoms with Gasteiger partial charge in [0.1, 0.15) is 10.8 Å². The van der Waals surface area contributed by atoms with Gasteiger partial charge >= 0.3 is 0 Å². The fourth-order valence-electron chi connectivity index (χ4n) is 1.69. The first-order chi connectivity index (χ1) is 8.41. The van der Waals surface area contributed by atoms with Gasteiger partial charge in [-0.2, -0.15) is 5.10 Å². The summed E-state index contributed by atoms with van der Waals surface area (Å²) in [6, 6.07) is 3.72. The molecule has 0 atom stereocenters. The maximum absolute atomic E-state index is 6.09. The topological polar surface area (TPSA) is 43.6 Å².